The Bertz CT molecular complexity index is 756. The second kappa shape index (κ2) is 10.5. The molecule has 27 heavy (non-hydrogen) atoms. The van der Waals surface area contributed by atoms with Crippen LogP contribution in [0.2, 0.25) is 0 Å². The summed E-state index contributed by atoms with van der Waals surface area (Å²) < 4.78 is 10.9. The van der Waals surface area contributed by atoms with Gasteiger partial charge in [0.05, 0.1) is 7.11 Å². The van der Waals surface area contributed by atoms with Crippen LogP contribution in [0.1, 0.15) is 37.0 Å². The van der Waals surface area contributed by atoms with Gasteiger partial charge in [-0.15, -0.1) is 0 Å². The highest BCUT2D eigenvalue weighted by Crippen LogP contribution is 2.18. The van der Waals surface area contributed by atoms with Crippen LogP contribution in [0.15, 0.2) is 48.5 Å². The highest BCUT2D eigenvalue weighted by molar-refractivity contribution is 7.80. The standard InChI is InChI=1S/C21H26N2O3S/c1-4-13-23(14-5-2)21(27)26-19-8-6-7-16(15-19)20(24)22-17-9-11-18(25-3)12-10-17/h6-12,15H,4-5,13-14H2,1-3H3,(H,22,24). The summed E-state index contributed by atoms with van der Waals surface area (Å²) in [4.78, 5) is 14.5. The van der Waals surface area contributed by atoms with Gasteiger partial charge >= 0.3 is 0 Å². The SMILES string of the molecule is CCCN(CCC)C(=S)Oc1cccc(C(=O)Nc2ccc(OC)cc2)c1. The van der Waals surface area contributed by atoms with Crippen LogP contribution in [-0.4, -0.2) is 36.2 Å². The number of thiocarbonyl (C=S) groups is 1. The van der Waals surface area contributed by atoms with Gasteiger partial charge in [0.2, 0.25) is 0 Å². The van der Waals surface area contributed by atoms with Crippen molar-refractivity contribution in [3.63, 3.8) is 0 Å². The Labute approximate surface area is 166 Å². The smallest absolute Gasteiger partial charge is 0.264 e. The zero-order chi connectivity index (χ0) is 19.6. The first-order chi connectivity index (χ1) is 13.1. The quantitative estimate of drug-likeness (QED) is 0.665. The Morgan fingerprint density at radius 3 is 2.30 bits per heavy atom. The predicted octanol–water partition coefficient (Wildman–Crippen LogP) is 4.73. The van der Waals surface area contributed by atoms with E-state index in [2.05, 4.69) is 19.2 Å². The van der Waals surface area contributed by atoms with Crippen LogP contribution in [0.4, 0.5) is 5.69 Å². The zero-order valence-electron chi connectivity index (χ0n) is 16.0. The van der Waals surface area contributed by atoms with Crippen molar-refractivity contribution in [3.05, 3.63) is 54.1 Å². The van der Waals surface area contributed by atoms with E-state index in [4.69, 9.17) is 21.7 Å². The molecule has 0 bridgehead atoms. The molecule has 0 fully saturated rings. The summed E-state index contributed by atoms with van der Waals surface area (Å²) in [5.41, 5.74) is 1.20. The summed E-state index contributed by atoms with van der Waals surface area (Å²) in [5, 5.41) is 3.30. The third-order valence-electron chi connectivity index (χ3n) is 3.89. The highest BCUT2D eigenvalue weighted by Gasteiger charge is 2.12. The Kier molecular flexibility index (Phi) is 8.07. The van der Waals surface area contributed by atoms with E-state index in [1.807, 2.05) is 4.90 Å². The van der Waals surface area contributed by atoms with Crippen LogP contribution in [-0.2, 0) is 0 Å². The molecule has 0 saturated carbocycles. The number of hydrogen-bond acceptors (Lipinski definition) is 4. The van der Waals surface area contributed by atoms with Crippen LogP contribution < -0.4 is 14.8 Å². The fourth-order valence-corrected chi connectivity index (χ4v) is 2.86. The third-order valence-corrected chi connectivity index (χ3v) is 4.24. The summed E-state index contributed by atoms with van der Waals surface area (Å²) in [5.74, 6) is 1.08. The molecule has 0 heterocycles. The van der Waals surface area contributed by atoms with Crippen molar-refractivity contribution in [1.29, 1.82) is 0 Å². The molecule has 6 heteroatoms. The summed E-state index contributed by atoms with van der Waals surface area (Å²) in [6.07, 6.45) is 1.99. The first-order valence-electron chi connectivity index (χ1n) is 9.09. The molecule has 0 unspecified atom stereocenters. The maximum absolute atomic E-state index is 12.5. The minimum Gasteiger partial charge on any atom is -0.497 e. The van der Waals surface area contributed by atoms with Crippen molar-refractivity contribution >= 4 is 29.0 Å². The Morgan fingerprint density at radius 2 is 1.70 bits per heavy atom. The molecule has 5 nitrogen and oxygen atoms in total. The highest BCUT2D eigenvalue weighted by atomic mass is 32.1. The van der Waals surface area contributed by atoms with Crippen LogP contribution in [0.25, 0.3) is 0 Å². The number of methoxy groups -OCH3 is 1. The van der Waals surface area contributed by atoms with E-state index in [0.29, 0.717) is 22.2 Å². The predicted molar refractivity (Wildman–Crippen MR) is 113 cm³/mol. The number of benzene rings is 2. The topological polar surface area (TPSA) is 50.8 Å². The molecular formula is C21H26N2O3S. The lowest BCUT2D eigenvalue weighted by atomic mass is 10.2. The fraction of sp³-hybridized carbons (Fsp3) is 0.333. The van der Waals surface area contributed by atoms with Crippen molar-refractivity contribution in [2.45, 2.75) is 26.7 Å². The minimum absolute atomic E-state index is 0.212. The average Bonchev–Trinajstić information content (AvgIpc) is 2.68. The molecule has 2 aromatic carbocycles. The van der Waals surface area contributed by atoms with Crippen LogP contribution >= 0.6 is 12.2 Å². The zero-order valence-corrected chi connectivity index (χ0v) is 16.8. The number of carbonyl (C=O) groups is 1. The van der Waals surface area contributed by atoms with Gasteiger partial charge in [-0.1, -0.05) is 19.9 Å². The molecule has 0 aliphatic carbocycles. The van der Waals surface area contributed by atoms with Gasteiger partial charge in [-0.3, -0.25) is 4.79 Å². The molecule has 1 N–H and O–H groups in total. The molecule has 2 aromatic rings. The molecular weight excluding hydrogens is 360 g/mol. The van der Waals surface area contributed by atoms with Crippen molar-refractivity contribution < 1.29 is 14.3 Å². The maximum atomic E-state index is 12.5. The van der Waals surface area contributed by atoms with Gasteiger partial charge in [0.25, 0.3) is 11.1 Å². The molecule has 2 rings (SSSR count). The first kappa shape index (κ1) is 20.7. The number of ether oxygens (including phenoxy) is 2. The first-order valence-corrected chi connectivity index (χ1v) is 9.50. The number of carbonyl (C=O) groups excluding carboxylic acids is 1. The lowest BCUT2D eigenvalue weighted by molar-refractivity contribution is 0.102. The van der Waals surface area contributed by atoms with Gasteiger partial charge in [0.15, 0.2) is 0 Å². The van der Waals surface area contributed by atoms with Crippen LogP contribution in [0.5, 0.6) is 11.5 Å². The molecule has 0 atom stereocenters. The van der Waals surface area contributed by atoms with E-state index >= 15 is 0 Å². The van der Waals surface area contributed by atoms with E-state index in [0.717, 1.165) is 31.7 Å². The maximum Gasteiger partial charge on any atom is 0.264 e. The van der Waals surface area contributed by atoms with Gasteiger partial charge in [0, 0.05) is 24.3 Å². The second-order valence-electron chi connectivity index (χ2n) is 6.07. The minimum atomic E-state index is -0.212. The molecule has 0 spiro atoms. The molecule has 0 saturated heterocycles. The lowest BCUT2D eigenvalue weighted by Gasteiger charge is -2.23. The molecule has 0 radical (unpaired) electrons. The van der Waals surface area contributed by atoms with Crippen molar-refractivity contribution in [2.24, 2.45) is 0 Å². The average molecular weight is 387 g/mol. The number of hydrogen-bond donors (Lipinski definition) is 1. The third kappa shape index (κ3) is 6.25. The van der Waals surface area contributed by atoms with E-state index in [-0.39, 0.29) is 5.91 Å². The van der Waals surface area contributed by atoms with Gasteiger partial charge in [-0.2, -0.15) is 0 Å². The summed E-state index contributed by atoms with van der Waals surface area (Å²) in [6.45, 7) is 5.92. The van der Waals surface area contributed by atoms with E-state index in [1.165, 1.54) is 0 Å². The Morgan fingerprint density at radius 1 is 1.04 bits per heavy atom. The monoisotopic (exact) mass is 386 g/mol. The van der Waals surface area contributed by atoms with Gasteiger partial charge in [-0.25, -0.2) is 0 Å². The normalized spacial score (nSPS) is 10.2. The summed E-state index contributed by atoms with van der Waals surface area (Å²) in [6, 6.07) is 14.2. The molecule has 0 aliphatic heterocycles. The van der Waals surface area contributed by atoms with E-state index in [1.54, 1.807) is 55.6 Å². The lowest BCUT2D eigenvalue weighted by Crippen LogP contribution is -2.34. The molecule has 0 aliphatic rings. The molecule has 144 valence electrons. The summed E-state index contributed by atoms with van der Waals surface area (Å²) >= 11 is 5.42. The fourth-order valence-electron chi connectivity index (χ4n) is 2.58. The van der Waals surface area contributed by atoms with Gasteiger partial charge < -0.3 is 19.7 Å². The molecule has 1 amide bonds. The van der Waals surface area contributed by atoms with Crippen molar-refractivity contribution in [2.75, 3.05) is 25.5 Å². The van der Waals surface area contributed by atoms with Gasteiger partial charge in [0.1, 0.15) is 11.5 Å². The largest absolute Gasteiger partial charge is 0.497 e. The number of amides is 1. The van der Waals surface area contributed by atoms with Crippen molar-refractivity contribution in [3.8, 4) is 11.5 Å². The summed E-state index contributed by atoms with van der Waals surface area (Å²) in [7, 11) is 1.60. The molecule has 0 aromatic heterocycles. The van der Waals surface area contributed by atoms with Crippen molar-refractivity contribution in [1.82, 2.24) is 4.90 Å². The van der Waals surface area contributed by atoms with E-state index in [9.17, 15) is 4.79 Å². The number of nitrogens with zero attached hydrogens (tertiary/aromatic N) is 1. The second-order valence-corrected chi connectivity index (χ2v) is 6.41. The number of rotatable bonds is 8. The van der Waals surface area contributed by atoms with Gasteiger partial charge in [-0.05, 0) is 67.5 Å². The van der Waals surface area contributed by atoms with Crippen LogP contribution in [0, 0.1) is 0 Å². The Balaban J connectivity index is 2.04. The number of anilines is 1. The number of nitrogens with one attached hydrogen (secondary N) is 1. The van der Waals surface area contributed by atoms with E-state index < -0.39 is 0 Å². The van der Waals surface area contributed by atoms with Crippen LogP contribution in [0.3, 0.4) is 0 Å². The Hall–Kier alpha value is -2.60.